The van der Waals surface area contributed by atoms with E-state index in [1.165, 1.54) is 16.1 Å². The summed E-state index contributed by atoms with van der Waals surface area (Å²) in [6, 6.07) is -1.28. The van der Waals surface area contributed by atoms with Gasteiger partial charge in [0.25, 0.3) is 5.56 Å². The number of nitrogens with zero attached hydrogens (tertiary/aromatic N) is 4. The summed E-state index contributed by atoms with van der Waals surface area (Å²) in [6.07, 6.45) is -5.36. The molecule has 0 spiro atoms. The second-order valence-electron chi connectivity index (χ2n) is 8.74. The van der Waals surface area contributed by atoms with E-state index in [0.29, 0.717) is 0 Å². The molecule has 2 aromatic heterocycles. The summed E-state index contributed by atoms with van der Waals surface area (Å²) < 4.78 is 25.6. The van der Waals surface area contributed by atoms with Gasteiger partial charge in [-0.15, -0.1) is 0 Å². The molecule has 0 radical (unpaired) electrons. The first-order valence-corrected chi connectivity index (χ1v) is 12.5. The summed E-state index contributed by atoms with van der Waals surface area (Å²) in [5.41, 5.74) is -1.48. The molecule has 214 valence electrons. The van der Waals surface area contributed by atoms with Crippen molar-refractivity contribution in [3.63, 3.8) is 0 Å². The highest BCUT2D eigenvalue weighted by atomic mass is 35.5. The fourth-order valence-electron chi connectivity index (χ4n) is 4.56. The normalized spacial score (nSPS) is 22.8. The highest BCUT2D eigenvalue weighted by Crippen LogP contribution is 2.36. The third-order valence-electron chi connectivity index (χ3n) is 5.99. The van der Waals surface area contributed by atoms with E-state index in [4.69, 9.17) is 30.5 Å². The Morgan fingerprint density at radius 3 is 2.05 bits per heavy atom. The first kappa shape index (κ1) is 29.8. The smallest absolute Gasteiger partial charge is 0.332 e. The van der Waals surface area contributed by atoms with Crippen LogP contribution in [0.3, 0.4) is 0 Å². The highest BCUT2D eigenvalue weighted by Gasteiger charge is 2.52. The Balaban J connectivity index is 2.35. The van der Waals surface area contributed by atoms with E-state index in [9.17, 15) is 28.8 Å². The van der Waals surface area contributed by atoms with Crippen LogP contribution in [-0.4, -0.2) is 73.5 Å². The Kier molecular flexibility index (Phi) is 9.17. The van der Waals surface area contributed by atoms with Crippen molar-refractivity contribution in [2.24, 2.45) is 0 Å². The van der Waals surface area contributed by atoms with Crippen LogP contribution in [0.1, 0.15) is 47.8 Å². The number of esters is 3. The molecule has 1 amide bonds. The fourth-order valence-corrected chi connectivity index (χ4v) is 4.82. The second-order valence-corrected chi connectivity index (χ2v) is 9.08. The number of nitrogens with one attached hydrogen (secondary N) is 1. The molecule has 1 aliphatic rings. The molecule has 5 atom stereocenters. The molecule has 2 aromatic rings. The van der Waals surface area contributed by atoms with Crippen molar-refractivity contribution in [3.05, 3.63) is 26.1 Å². The largest absolute Gasteiger partial charge is 0.463 e. The number of halogens is 1. The monoisotopic (exact) mass is 571 g/mol. The molecule has 0 aliphatic carbocycles. The lowest BCUT2D eigenvalue weighted by Crippen LogP contribution is -2.64. The topological polar surface area (TPSA) is 179 Å². The Morgan fingerprint density at radius 1 is 0.949 bits per heavy atom. The third-order valence-corrected chi connectivity index (χ3v) is 6.26. The molecule has 1 fully saturated rings. The molecule has 0 unspecified atom stereocenters. The molecule has 3 heterocycles. The van der Waals surface area contributed by atoms with Gasteiger partial charge in [0, 0.05) is 40.8 Å². The number of aromatic nitrogens is 4. The van der Waals surface area contributed by atoms with E-state index >= 15 is 0 Å². The van der Waals surface area contributed by atoms with E-state index in [0.717, 1.165) is 25.3 Å². The van der Waals surface area contributed by atoms with Crippen molar-refractivity contribution in [1.82, 2.24) is 24.0 Å². The minimum Gasteiger partial charge on any atom is -0.463 e. The van der Waals surface area contributed by atoms with E-state index in [1.807, 2.05) is 0 Å². The third kappa shape index (κ3) is 5.98. The fraction of sp³-hybridized carbons (Fsp3) is 0.609. The molecular weight excluding hydrogens is 542 g/mol. The molecule has 0 bridgehead atoms. The molecule has 39 heavy (non-hydrogen) atoms. The van der Waals surface area contributed by atoms with Crippen LogP contribution in [0.25, 0.3) is 11.2 Å². The van der Waals surface area contributed by atoms with Crippen molar-refractivity contribution >= 4 is 46.6 Å². The van der Waals surface area contributed by atoms with Crippen molar-refractivity contribution in [2.45, 2.75) is 85.2 Å². The maximum absolute atomic E-state index is 13.5. The van der Waals surface area contributed by atoms with Gasteiger partial charge in [0.2, 0.25) is 11.2 Å². The first-order valence-electron chi connectivity index (χ1n) is 12.1. The van der Waals surface area contributed by atoms with Gasteiger partial charge in [-0.3, -0.25) is 37.7 Å². The summed E-state index contributed by atoms with van der Waals surface area (Å²) in [5.74, 6) is -2.80. The van der Waals surface area contributed by atoms with Gasteiger partial charge in [-0.05, 0) is 25.4 Å². The highest BCUT2D eigenvalue weighted by molar-refractivity contribution is 6.29. The van der Waals surface area contributed by atoms with Crippen LogP contribution in [-0.2, 0) is 51.2 Å². The number of carbonyl (C=O) groups excluding carboxylic acids is 4. The number of fused-ring (bicyclic) bond motifs is 1. The van der Waals surface area contributed by atoms with Gasteiger partial charge in [-0.1, -0.05) is 0 Å². The maximum atomic E-state index is 13.5. The van der Waals surface area contributed by atoms with Crippen LogP contribution < -0.4 is 16.6 Å². The second kappa shape index (κ2) is 12.0. The molecule has 0 saturated carbocycles. The number of imidazole rings is 1. The Hall–Kier alpha value is -3.72. The SMILES string of the molecule is CCn1c(=O)c2c(nc(Cl)n2[C@H]2O[C@@H](COC(C)=O)[C@@H](OC(C)=O)[C@@H](OC(C)=O)[C@H]2NC(C)=O)n(CC)c1=O. The Morgan fingerprint density at radius 2 is 1.54 bits per heavy atom. The van der Waals surface area contributed by atoms with Crippen molar-refractivity contribution in [1.29, 1.82) is 0 Å². The molecule has 0 aromatic carbocycles. The molecule has 3 rings (SSSR count). The summed E-state index contributed by atoms with van der Waals surface area (Å²) in [6.45, 7) is 7.62. The van der Waals surface area contributed by atoms with E-state index < -0.39 is 72.3 Å². The average molecular weight is 572 g/mol. The average Bonchev–Trinajstić information content (AvgIpc) is 3.16. The van der Waals surface area contributed by atoms with Gasteiger partial charge in [-0.2, -0.15) is 4.98 Å². The first-order chi connectivity index (χ1) is 18.3. The van der Waals surface area contributed by atoms with E-state index in [2.05, 4.69) is 10.3 Å². The lowest BCUT2D eigenvalue weighted by atomic mass is 9.95. The van der Waals surface area contributed by atoms with Crippen molar-refractivity contribution < 1.29 is 38.1 Å². The number of hydrogen-bond acceptors (Lipinski definition) is 11. The van der Waals surface area contributed by atoms with Gasteiger partial charge < -0.3 is 24.3 Å². The molecule has 16 heteroatoms. The van der Waals surface area contributed by atoms with Gasteiger partial charge in [0.15, 0.2) is 29.6 Å². The quantitative estimate of drug-likeness (QED) is 0.253. The summed E-state index contributed by atoms with van der Waals surface area (Å²) in [5, 5.41) is 2.34. The number of ether oxygens (including phenoxy) is 4. The number of hydrogen-bond donors (Lipinski definition) is 1. The van der Waals surface area contributed by atoms with Crippen LogP contribution in [0.2, 0.25) is 5.28 Å². The molecule has 1 saturated heterocycles. The van der Waals surface area contributed by atoms with Gasteiger partial charge in [0.05, 0.1) is 0 Å². The summed E-state index contributed by atoms with van der Waals surface area (Å²) in [7, 11) is 0. The lowest BCUT2D eigenvalue weighted by Gasteiger charge is -2.45. The van der Waals surface area contributed by atoms with E-state index in [1.54, 1.807) is 13.8 Å². The van der Waals surface area contributed by atoms with Crippen LogP contribution >= 0.6 is 11.6 Å². The minimum atomic E-state index is -1.40. The van der Waals surface area contributed by atoms with E-state index in [-0.39, 0.29) is 29.5 Å². The molecule has 1 N–H and O–H groups in total. The zero-order chi connectivity index (χ0) is 29.2. The van der Waals surface area contributed by atoms with Crippen LogP contribution in [0.4, 0.5) is 0 Å². The van der Waals surface area contributed by atoms with Crippen LogP contribution in [0, 0.1) is 0 Å². The number of rotatable bonds is 8. The Labute approximate surface area is 226 Å². The minimum absolute atomic E-state index is 0.0324. The van der Waals surface area contributed by atoms with Crippen LogP contribution in [0.5, 0.6) is 0 Å². The zero-order valence-electron chi connectivity index (χ0n) is 22.3. The maximum Gasteiger partial charge on any atom is 0.332 e. The molecule has 15 nitrogen and oxygen atoms in total. The zero-order valence-corrected chi connectivity index (χ0v) is 23.0. The van der Waals surface area contributed by atoms with Crippen molar-refractivity contribution in [3.8, 4) is 0 Å². The molecular formula is C23H30ClN5O10. The Bertz CT molecular complexity index is 1410. The summed E-state index contributed by atoms with van der Waals surface area (Å²) in [4.78, 5) is 78.6. The molecule has 1 aliphatic heterocycles. The number of aryl methyl sites for hydroxylation is 1. The predicted molar refractivity (Wildman–Crippen MR) is 134 cm³/mol. The van der Waals surface area contributed by atoms with Gasteiger partial charge in [0.1, 0.15) is 18.8 Å². The van der Waals surface area contributed by atoms with Gasteiger partial charge in [-0.25, -0.2) is 4.79 Å². The number of carbonyl (C=O) groups is 4. The standard InChI is InChI=1S/C23H30ClN5O10/c1-7-27-19-16(20(34)28(8-2)23(27)35)29(22(24)26-19)21-15(25-10(3)30)18(38-13(6)33)17(37-12(5)32)14(39-21)9-36-11(4)31/h14-15,17-18,21H,7-9H2,1-6H3,(H,25,30)/t14-,15+,17+,18-,21-/m0/s1. The van der Waals surface area contributed by atoms with Gasteiger partial charge >= 0.3 is 23.6 Å². The predicted octanol–water partition coefficient (Wildman–Crippen LogP) is -0.118. The lowest BCUT2D eigenvalue weighted by molar-refractivity contribution is -0.236. The summed E-state index contributed by atoms with van der Waals surface area (Å²) >= 11 is 6.52. The van der Waals surface area contributed by atoms with Crippen LogP contribution in [0.15, 0.2) is 9.59 Å². The van der Waals surface area contributed by atoms with Crippen molar-refractivity contribution in [2.75, 3.05) is 6.61 Å². The number of amides is 1.